The standard InChI is InChI=1S/C21H21ClN4O5S/c22-16-2-1-3-17(14-16)23-19(27)8-9-20-24-21(25-31-20)15-4-6-18(7-5-15)32(28,29)26-10-12-30-13-11-26/h1-7,14H,8-13H2,(H,23,27). The van der Waals surface area contributed by atoms with Gasteiger partial charge < -0.3 is 14.6 Å². The van der Waals surface area contributed by atoms with Crippen LogP contribution < -0.4 is 5.32 Å². The summed E-state index contributed by atoms with van der Waals surface area (Å²) < 4.78 is 37.3. The summed E-state index contributed by atoms with van der Waals surface area (Å²) in [5, 5.41) is 7.22. The van der Waals surface area contributed by atoms with E-state index in [9.17, 15) is 13.2 Å². The molecule has 1 N–H and O–H groups in total. The van der Waals surface area contributed by atoms with Crippen molar-refractivity contribution in [3.05, 3.63) is 59.4 Å². The first-order valence-electron chi connectivity index (χ1n) is 9.98. The van der Waals surface area contributed by atoms with Crippen molar-refractivity contribution in [2.45, 2.75) is 17.7 Å². The van der Waals surface area contributed by atoms with E-state index >= 15 is 0 Å². The molecule has 0 aliphatic carbocycles. The highest BCUT2D eigenvalue weighted by Gasteiger charge is 2.26. The summed E-state index contributed by atoms with van der Waals surface area (Å²) in [6, 6.07) is 13.2. The zero-order valence-electron chi connectivity index (χ0n) is 17.0. The fourth-order valence-corrected chi connectivity index (χ4v) is 4.79. The number of hydrogen-bond acceptors (Lipinski definition) is 7. The second-order valence-corrected chi connectivity index (χ2v) is 9.49. The van der Waals surface area contributed by atoms with E-state index in [4.69, 9.17) is 20.9 Å². The molecule has 3 aromatic rings. The number of halogens is 1. The third-order valence-corrected chi connectivity index (χ3v) is 7.01. The number of carbonyl (C=O) groups is 1. The van der Waals surface area contributed by atoms with Crippen molar-refractivity contribution in [2.24, 2.45) is 0 Å². The zero-order valence-corrected chi connectivity index (χ0v) is 18.6. The molecule has 0 unspecified atom stereocenters. The maximum atomic E-state index is 12.7. The van der Waals surface area contributed by atoms with Crippen LogP contribution in [-0.2, 0) is 26.0 Å². The van der Waals surface area contributed by atoms with Gasteiger partial charge in [0.15, 0.2) is 0 Å². The normalized spacial score (nSPS) is 14.9. The molecule has 168 valence electrons. The number of amides is 1. The van der Waals surface area contributed by atoms with Crippen molar-refractivity contribution in [2.75, 3.05) is 31.6 Å². The second-order valence-electron chi connectivity index (χ2n) is 7.11. The Morgan fingerprint density at radius 3 is 2.59 bits per heavy atom. The molecule has 1 fully saturated rings. The van der Waals surface area contributed by atoms with Crippen LogP contribution in [0.5, 0.6) is 0 Å². The van der Waals surface area contributed by atoms with Gasteiger partial charge in [-0.25, -0.2) is 8.42 Å². The highest BCUT2D eigenvalue weighted by Crippen LogP contribution is 2.22. The third kappa shape index (κ3) is 5.33. The molecule has 1 aliphatic rings. The van der Waals surface area contributed by atoms with Crippen molar-refractivity contribution in [1.29, 1.82) is 0 Å². The number of rotatable bonds is 7. The lowest BCUT2D eigenvalue weighted by molar-refractivity contribution is -0.116. The van der Waals surface area contributed by atoms with Crippen LogP contribution in [0.4, 0.5) is 5.69 Å². The van der Waals surface area contributed by atoms with Gasteiger partial charge in [-0.3, -0.25) is 4.79 Å². The maximum absolute atomic E-state index is 12.7. The molecule has 0 atom stereocenters. The molecule has 0 bridgehead atoms. The number of nitrogens with zero attached hydrogens (tertiary/aromatic N) is 3. The summed E-state index contributed by atoms with van der Waals surface area (Å²) in [4.78, 5) is 16.6. The van der Waals surface area contributed by atoms with Gasteiger partial charge in [-0.05, 0) is 42.5 Å². The molecule has 9 nitrogen and oxygen atoms in total. The molecule has 1 aliphatic heterocycles. The SMILES string of the molecule is O=C(CCc1nc(-c2ccc(S(=O)(=O)N3CCOCC3)cc2)no1)Nc1cccc(Cl)c1. The number of hydrogen-bond donors (Lipinski definition) is 1. The molecule has 2 heterocycles. The molecule has 11 heteroatoms. The molecule has 0 saturated carbocycles. The van der Waals surface area contributed by atoms with Crippen molar-refractivity contribution in [1.82, 2.24) is 14.4 Å². The molecular weight excluding hydrogens is 456 g/mol. The summed E-state index contributed by atoms with van der Waals surface area (Å²) >= 11 is 5.91. The Morgan fingerprint density at radius 2 is 1.88 bits per heavy atom. The molecule has 4 rings (SSSR count). The van der Waals surface area contributed by atoms with Crippen molar-refractivity contribution in [3.8, 4) is 11.4 Å². The molecular formula is C21H21ClN4O5S. The molecule has 32 heavy (non-hydrogen) atoms. The van der Waals surface area contributed by atoms with Crippen molar-refractivity contribution >= 4 is 33.2 Å². The minimum absolute atomic E-state index is 0.158. The number of benzene rings is 2. The van der Waals surface area contributed by atoms with E-state index in [1.807, 2.05) is 0 Å². The maximum Gasteiger partial charge on any atom is 0.243 e. The quantitative estimate of drug-likeness (QED) is 0.557. The van der Waals surface area contributed by atoms with Crippen LogP contribution in [-0.4, -0.2) is 55.1 Å². The van der Waals surface area contributed by atoms with E-state index in [0.29, 0.717) is 54.3 Å². The molecule has 1 aromatic heterocycles. The van der Waals surface area contributed by atoms with Crippen LogP contribution in [0.25, 0.3) is 11.4 Å². The first-order chi connectivity index (χ1) is 15.4. The summed E-state index contributed by atoms with van der Waals surface area (Å²) in [7, 11) is -3.57. The van der Waals surface area contributed by atoms with Gasteiger partial charge in [0, 0.05) is 42.2 Å². The van der Waals surface area contributed by atoms with Gasteiger partial charge >= 0.3 is 0 Å². The van der Waals surface area contributed by atoms with Crippen LogP contribution in [0.1, 0.15) is 12.3 Å². The first kappa shape index (κ1) is 22.4. The molecule has 1 amide bonds. The van der Waals surface area contributed by atoms with E-state index < -0.39 is 10.0 Å². The third-order valence-electron chi connectivity index (χ3n) is 4.86. The van der Waals surface area contributed by atoms with Gasteiger partial charge in [0.2, 0.25) is 27.6 Å². The number of nitrogens with one attached hydrogen (secondary N) is 1. The number of ether oxygens (including phenoxy) is 1. The van der Waals surface area contributed by atoms with Crippen LogP contribution in [0, 0.1) is 0 Å². The Balaban J connectivity index is 1.36. The van der Waals surface area contributed by atoms with Crippen LogP contribution in [0.15, 0.2) is 57.9 Å². The van der Waals surface area contributed by atoms with Gasteiger partial charge in [0.1, 0.15) is 0 Å². The Bertz CT molecular complexity index is 1190. The summed E-state index contributed by atoms with van der Waals surface area (Å²) in [6.45, 7) is 1.45. The Hall–Kier alpha value is -2.79. The number of anilines is 1. The van der Waals surface area contributed by atoms with Gasteiger partial charge in [0.25, 0.3) is 0 Å². The summed E-state index contributed by atoms with van der Waals surface area (Å²) in [5.41, 5.74) is 1.23. The average Bonchev–Trinajstić information content (AvgIpc) is 3.28. The number of sulfonamides is 1. The van der Waals surface area contributed by atoms with Gasteiger partial charge in [-0.1, -0.05) is 22.8 Å². The minimum Gasteiger partial charge on any atom is -0.379 e. The van der Waals surface area contributed by atoms with Crippen molar-refractivity contribution in [3.63, 3.8) is 0 Å². The fourth-order valence-electron chi connectivity index (χ4n) is 3.20. The average molecular weight is 477 g/mol. The topological polar surface area (TPSA) is 115 Å². The van der Waals surface area contributed by atoms with E-state index in [2.05, 4.69) is 15.5 Å². The molecule has 0 spiro atoms. The van der Waals surface area contributed by atoms with E-state index in [1.165, 1.54) is 16.4 Å². The summed E-state index contributed by atoms with van der Waals surface area (Å²) in [5.74, 6) is 0.432. The number of aromatic nitrogens is 2. The molecule has 2 aromatic carbocycles. The number of aryl methyl sites for hydroxylation is 1. The van der Waals surface area contributed by atoms with Crippen LogP contribution >= 0.6 is 11.6 Å². The Morgan fingerprint density at radius 1 is 1.12 bits per heavy atom. The largest absolute Gasteiger partial charge is 0.379 e. The fraction of sp³-hybridized carbons (Fsp3) is 0.286. The lowest BCUT2D eigenvalue weighted by Crippen LogP contribution is -2.40. The lowest BCUT2D eigenvalue weighted by Gasteiger charge is -2.26. The van der Waals surface area contributed by atoms with E-state index in [-0.39, 0.29) is 23.6 Å². The Kier molecular flexibility index (Phi) is 6.85. The van der Waals surface area contributed by atoms with Crippen molar-refractivity contribution < 1.29 is 22.5 Å². The summed E-state index contributed by atoms with van der Waals surface area (Å²) in [6.07, 6.45) is 0.424. The highest BCUT2D eigenvalue weighted by molar-refractivity contribution is 7.89. The minimum atomic E-state index is -3.57. The van der Waals surface area contributed by atoms with E-state index in [0.717, 1.165) is 0 Å². The van der Waals surface area contributed by atoms with Gasteiger partial charge in [-0.15, -0.1) is 0 Å². The number of carbonyl (C=O) groups excluding carboxylic acids is 1. The van der Waals surface area contributed by atoms with Crippen LogP contribution in [0.2, 0.25) is 5.02 Å². The Labute approximate surface area is 190 Å². The van der Waals surface area contributed by atoms with Gasteiger partial charge in [0.05, 0.1) is 18.1 Å². The number of morpholine rings is 1. The lowest BCUT2D eigenvalue weighted by atomic mass is 10.2. The van der Waals surface area contributed by atoms with Crippen LogP contribution in [0.3, 0.4) is 0 Å². The van der Waals surface area contributed by atoms with E-state index in [1.54, 1.807) is 36.4 Å². The second kappa shape index (κ2) is 9.78. The van der Waals surface area contributed by atoms with Gasteiger partial charge in [-0.2, -0.15) is 9.29 Å². The smallest absolute Gasteiger partial charge is 0.243 e. The molecule has 1 saturated heterocycles. The first-order valence-corrected chi connectivity index (χ1v) is 11.8. The predicted molar refractivity (Wildman–Crippen MR) is 118 cm³/mol. The predicted octanol–water partition coefficient (Wildman–Crippen LogP) is 2.98. The monoisotopic (exact) mass is 476 g/mol. The highest BCUT2D eigenvalue weighted by atomic mass is 35.5. The zero-order chi connectivity index (χ0) is 22.6. The molecule has 0 radical (unpaired) electrons.